The van der Waals surface area contributed by atoms with Gasteiger partial charge in [-0.2, -0.15) is 5.26 Å². The van der Waals surface area contributed by atoms with Crippen LogP contribution in [0.3, 0.4) is 0 Å². The second kappa shape index (κ2) is 12.3. The van der Waals surface area contributed by atoms with Gasteiger partial charge in [0.05, 0.1) is 0 Å². The lowest BCUT2D eigenvalue weighted by Crippen LogP contribution is -2.31. The van der Waals surface area contributed by atoms with E-state index in [2.05, 4.69) is 29.4 Å². The van der Waals surface area contributed by atoms with Crippen LogP contribution in [0.4, 0.5) is 0 Å². The molecule has 1 heterocycles. The highest BCUT2D eigenvalue weighted by Gasteiger charge is 2.19. The summed E-state index contributed by atoms with van der Waals surface area (Å²) in [6.07, 6.45) is 4.71. The summed E-state index contributed by atoms with van der Waals surface area (Å²) < 4.78 is 0. The molecule has 0 saturated carbocycles. The van der Waals surface area contributed by atoms with E-state index >= 15 is 0 Å². The molecule has 0 aromatic rings. The van der Waals surface area contributed by atoms with Gasteiger partial charge in [0.1, 0.15) is 11.6 Å². The Morgan fingerprint density at radius 3 is 2.68 bits per heavy atom. The highest BCUT2D eigenvalue weighted by Crippen LogP contribution is 2.09. The molecule has 7 nitrogen and oxygen atoms in total. The van der Waals surface area contributed by atoms with Crippen LogP contribution in [0, 0.1) is 11.3 Å². The Morgan fingerprint density at radius 1 is 1.32 bits per heavy atom. The first-order valence-corrected chi connectivity index (χ1v) is 9.24. The molecular formula is C18H31N5O2. The number of amides is 2. The smallest absolute Gasteiger partial charge is 0.263 e. The van der Waals surface area contributed by atoms with E-state index in [9.17, 15) is 9.59 Å². The second-order valence-corrected chi connectivity index (χ2v) is 6.10. The minimum atomic E-state index is -0.369. The molecule has 1 saturated heterocycles. The molecule has 0 aromatic carbocycles. The van der Waals surface area contributed by atoms with Crippen LogP contribution in [0.15, 0.2) is 11.8 Å². The largest absolute Gasteiger partial charge is 0.390 e. The summed E-state index contributed by atoms with van der Waals surface area (Å²) in [5.41, 5.74) is 0.0834. The quantitative estimate of drug-likeness (QED) is 0.310. The molecule has 25 heavy (non-hydrogen) atoms. The lowest BCUT2D eigenvalue weighted by atomic mass is 10.3. The highest BCUT2D eigenvalue weighted by molar-refractivity contribution is 5.97. The average Bonchev–Trinajstić information content (AvgIpc) is 3.03. The number of nitriles is 1. The van der Waals surface area contributed by atoms with Crippen LogP contribution in [0.25, 0.3) is 0 Å². The van der Waals surface area contributed by atoms with Crippen molar-refractivity contribution in [2.75, 3.05) is 45.8 Å². The van der Waals surface area contributed by atoms with Gasteiger partial charge in [-0.15, -0.1) is 0 Å². The zero-order valence-electron chi connectivity index (χ0n) is 15.5. The van der Waals surface area contributed by atoms with Crippen molar-refractivity contribution in [3.8, 4) is 6.07 Å². The Bertz CT molecular complexity index is 494. The number of nitrogens with zero attached hydrogens (tertiary/aromatic N) is 3. The zero-order chi connectivity index (χ0) is 18.5. The van der Waals surface area contributed by atoms with Crippen molar-refractivity contribution in [2.24, 2.45) is 0 Å². The van der Waals surface area contributed by atoms with Crippen LogP contribution in [-0.4, -0.2) is 67.4 Å². The van der Waals surface area contributed by atoms with Crippen molar-refractivity contribution in [2.45, 2.75) is 39.5 Å². The van der Waals surface area contributed by atoms with E-state index in [1.165, 1.54) is 6.20 Å². The van der Waals surface area contributed by atoms with E-state index in [0.717, 1.165) is 45.6 Å². The minimum absolute atomic E-state index is 0.0834. The van der Waals surface area contributed by atoms with Crippen molar-refractivity contribution in [3.63, 3.8) is 0 Å². The molecule has 2 amide bonds. The third kappa shape index (κ3) is 8.03. The molecule has 1 rings (SSSR count). The first-order valence-electron chi connectivity index (χ1n) is 9.24. The molecule has 1 fully saturated rings. The summed E-state index contributed by atoms with van der Waals surface area (Å²) >= 11 is 0. The fourth-order valence-corrected chi connectivity index (χ4v) is 2.77. The maximum atomic E-state index is 12.0. The number of carbonyl (C=O) groups is 2. The monoisotopic (exact) mass is 349 g/mol. The summed E-state index contributed by atoms with van der Waals surface area (Å²) in [7, 11) is 0. The highest BCUT2D eigenvalue weighted by atomic mass is 16.2. The topological polar surface area (TPSA) is 88.5 Å². The molecule has 0 bridgehead atoms. The molecule has 7 heteroatoms. The number of carbonyl (C=O) groups excluding carboxylic acids is 2. The van der Waals surface area contributed by atoms with Crippen molar-refractivity contribution in [1.82, 2.24) is 20.4 Å². The van der Waals surface area contributed by atoms with Gasteiger partial charge in [0, 0.05) is 38.8 Å². The van der Waals surface area contributed by atoms with Crippen molar-refractivity contribution in [3.05, 3.63) is 11.8 Å². The van der Waals surface area contributed by atoms with E-state index in [4.69, 9.17) is 5.26 Å². The summed E-state index contributed by atoms with van der Waals surface area (Å²) in [6, 6.07) is 1.92. The van der Waals surface area contributed by atoms with Gasteiger partial charge in [-0.3, -0.25) is 9.59 Å². The summed E-state index contributed by atoms with van der Waals surface area (Å²) in [4.78, 5) is 27.6. The van der Waals surface area contributed by atoms with E-state index in [1.807, 2.05) is 11.0 Å². The molecular weight excluding hydrogens is 318 g/mol. The van der Waals surface area contributed by atoms with E-state index in [-0.39, 0.29) is 17.4 Å². The molecule has 1 aliphatic rings. The predicted octanol–water partition coefficient (Wildman–Crippen LogP) is 0.844. The molecule has 0 aromatic heterocycles. The second-order valence-electron chi connectivity index (χ2n) is 6.10. The Kier molecular flexibility index (Phi) is 10.3. The van der Waals surface area contributed by atoms with Gasteiger partial charge < -0.3 is 20.4 Å². The zero-order valence-corrected chi connectivity index (χ0v) is 15.5. The number of nitrogens with one attached hydrogen (secondary N) is 2. The third-order valence-electron chi connectivity index (χ3n) is 4.36. The predicted molar refractivity (Wildman–Crippen MR) is 97.5 cm³/mol. The molecule has 0 radical (unpaired) electrons. The normalized spacial score (nSPS) is 14.7. The maximum Gasteiger partial charge on any atom is 0.263 e. The molecule has 0 aliphatic carbocycles. The van der Waals surface area contributed by atoms with Gasteiger partial charge in [0.2, 0.25) is 5.91 Å². The summed E-state index contributed by atoms with van der Waals surface area (Å²) in [5, 5.41) is 14.9. The first-order chi connectivity index (χ1) is 12.1. The molecule has 2 N–H and O–H groups in total. The number of rotatable bonds is 12. The maximum absolute atomic E-state index is 12.0. The fraction of sp³-hybridized carbons (Fsp3) is 0.722. The first kappa shape index (κ1) is 21.0. The molecule has 1 aliphatic heterocycles. The van der Waals surface area contributed by atoms with Gasteiger partial charge in [-0.05, 0) is 38.9 Å². The Labute approximate surface area is 151 Å². The van der Waals surface area contributed by atoms with Gasteiger partial charge in [0.25, 0.3) is 5.91 Å². The SMILES string of the molecule is CCN(CC)CCCN/C=C(/C#N)C(=O)NCCCN1CCCC1=O. The number of hydrogen-bond donors (Lipinski definition) is 2. The van der Waals surface area contributed by atoms with E-state index < -0.39 is 0 Å². The number of likely N-dealkylation sites (tertiary alicyclic amines) is 1. The van der Waals surface area contributed by atoms with Crippen molar-refractivity contribution in [1.29, 1.82) is 5.26 Å². The lowest BCUT2D eigenvalue weighted by molar-refractivity contribution is -0.127. The van der Waals surface area contributed by atoms with Crippen LogP contribution in [-0.2, 0) is 9.59 Å². The van der Waals surface area contributed by atoms with Gasteiger partial charge in [-0.25, -0.2) is 0 Å². The average molecular weight is 349 g/mol. The van der Waals surface area contributed by atoms with Crippen LogP contribution < -0.4 is 10.6 Å². The Morgan fingerprint density at radius 2 is 2.08 bits per heavy atom. The Hall–Kier alpha value is -2.07. The summed E-state index contributed by atoms with van der Waals surface area (Å²) in [5.74, 6) is -0.177. The summed E-state index contributed by atoms with van der Waals surface area (Å²) in [6.45, 7) is 9.99. The molecule has 0 spiro atoms. The molecule has 0 atom stereocenters. The standard InChI is InChI=1S/C18H31N5O2/c1-3-22(4-2)11-6-9-20-15-16(14-19)18(25)21-10-7-13-23-12-5-8-17(23)24/h15,20H,3-13H2,1-2H3,(H,21,25)/b16-15-. The Balaban J connectivity index is 2.20. The van der Waals surface area contributed by atoms with Crippen molar-refractivity contribution < 1.29 is 9.59 Å². The van der Waals surface area contributed by atoms with Crippen LogP contribution in [0.5, 0.6) is 0 Å². The van der Waals surface area contributed by atoms with Gasteiger partial charge >= 0.3 is 0 Å². The third-order valence-corrected chi connectivity index (χ3v) is 4.36. The molecule has 140 valence electrons. The van der Waals surface area contributed by atoms with Crippen LogP contribution in [0.2, 0.25) is 0 Å². The fourth-order valence-electron chi connectivity index (χ4n) is 2.77. The number of hydrogen-bond acceptors (Lipinski definition) is 5. The lowest BCUT2D eigenvalue weighted by Gasteiger charge is -2.17. The van der Waals surface area contributed by atoms with Gasteiger partial charge in [0.15, 0.2) is 0 Å². The van der Waals surface area contributed by atoms with Crippen molar-refractivity contribution >= 4 is 11.8 Å². The van der Waals surface area contributed by atoms with Gasteiger partial charge in [-0.1, -0.05) is 13.8 Å². The van der Waals surface area contributed by atoms with E-state index in [1.54, 1.807) is 0 Å². The van der Waals surface area contributed by atoms with Crippen LogP contribution >= 0.6 is 0 Å². The van der Waals surface area contributed by atoms with Crippen LogP contribution in [0.1, 0.15) is 39.5 Å². The van der Waals surface area contributed by atoms with E-state index in [0.29, 0.717) is 25.9 Å². The minimum Gasteiger partial charge on any atom is -0.390 e. The molecule has 0 unspecified atom stereocenters.